The van der Waals surface area contributed by atoms with Gasteiger partial charge >= 0.3 is 5.97 Å². The first-order chi connectivity index (χ1) is 15.2. The third-order valence-corrected chi connectivity index (χ3v) is 2.68. The van der Waals surface area contributed by atoms with E-state index < -0.39 is 56.7 Å². The summed E-state index contributed by atoms with van der Waals surface area (Å²) in [4.78, 5) is 13.5. The van der Waals surface area contributed by atoms with Crippen molar-refractivity contribution in [2.75, 3.05) is 27.1 Å². The van der Waals surface area contributed by atoms with Crippen LogP contribution in [0.3, 0.4) is 0 Å². The lowest BCUT2D eigenvalue weighted by atomic mass is 10.1. The average Bonchev–Trinajstić information content (AvgIpc) is 2.79. The molecule has 0 radical (unpaired) electrons. The first-order valence-corrected chi connectivity index (χ1v) is 8.25. The molecule has 0 rings (SSSR count). The van der Waals surface area contributed by atoms with Crippen LogP contribution in [0.25, 0.3) is 0 Å². The van der Waals surface area contributed by atoms with Gasteiger partial charge in [0.15, 0.2) is 13.3 Å². The van der Waals surface area contributed by atoms with Crippen LogP contribution in [-0.2, 0) is 9.68 Å². The Morgan fingerprint density at radius 2 is 1.21 bits per heavy atom. The number of carbonyl (C=O) groups is 1. The minimum Gasteiger partial charge on any atom is -0.478 e. The molecule has 1 atom stereocenters. The van der Waals surface area contributed by atoms with Gasteiger partial charge in [-0.1, -0.05) is 13.2 Å². The number of aliphatic hydroxyl groups is 2. The van der Waals surface area contributed by atoms with E-state index in [0.717, 1.165) is 7.11 Å². The summed E-state index contributed by atoms with van der Waals surface area (Å²) in [6.07, 6.45) is -2.45. The summed E-state index contributed by atoms with van der Waals surface area (Å²) in [7, 11) is 1.00. The number of alkyl halides is 6. The number of halogens is 10. The molecule has 0 saturated carbocycles. The molecule has 0 aliphatic carbocycles. The normalized spacial score (nSPS) is 10.4. The maximum absolute atomic E-state index is 12.4. The molecule has 0 bridgehead atoms. The van der Waals surface area contributed by atoms with E-state index in [-0.39, 0.29) is 12.0 Å². The van der Waals surface area contributed by atoms with Crippen LogP contribution in [0.15, 0.2) is 24.3 Å². The SMILES string of the molecule is C=C(C)C(=O)O.C=C(C)C(CCC(F)(F)CF)OO.CO.FF.FF.OCCC(F)(F)CF. The highest BCUT2D eigenvalue weighted by Gasteiger charge is 2.30. The topological polar surface area (TPSA) is 107 Å². The number of carboxylic acid groups (broad SMARTS) is 1. The molecule has 0 aliphatic rings. The quantitative estimate of drug-likeness (QED) is 0.0966. The van der Waals surface area contributed by atoms with Crippen LogP contribution in [0, 0.1) is 0 Å². The molecule has 0 aliphatic heterocycles. The highest BCUT2D eigenvalue weighted by atomic mass is 20.0. The van der Waals surface area contributed by atoms with Crippen LogP contribution in [0.5, 0.6) is 0 Å². The largest absolute Gasteiger partial charge is 0.478 e. The molecule has 0 saturated heterocycles. The Balaban J connectivity index is -0.0000000784. The van der Waals surface area contributed by atoms with Gasteiger partial charge < -0.3 is 15.3 Å². The van der Waals surface area contributed by atoms with Gasteiger partial charge in [0.1, 0.15) is 6.10 Å². The van der Waals surface area contributed by atoms with Crippen molar-refractivity contribution in [1.29, 1.82) is 0 Å². The monoisotopic (exact) mass is 520 g/mol. The molecule has 0 fully saturated rings. The van der Waals surface area contributed by atoms with E-state index in [9.17, 15) is 31.1 Å². The zero-order valence-electron chi connectivity index (χ0n) is 18.1. The van der Waals surface area contributed by atoms with Gasteiger partial charge in [-0.05, 0) is 25.8 Å². The zero-order valence-corrected chi connectivity index (χ0v) is 18.1. The van der Waals surface area contributed by atoms with E-state index in [4.69, 9.17) is 38.9 Å². The van der Waals surface area contributed by atoms with Crippen molar-refractivity contribution < 1.29 is 74.9 Å². The molecular weight excluding hydrogens is 490 g/mol. The molecule has 0 aromatic rings. The summed E-state index contributed by atoms with van der Waals surface area (Å²) < 4.78 is 103. The van der Waals surface area contributed by atoms with E-state index in [1.807, 2.05) is 0 Å². The van der Waals surface area contributed by atoms with E-state index in [1.54, 1.807) is 0 Å². The standard InChI is InChI=1S/C8H13F3O2.C4H7F3O.C4H6O2.CH4O.2F2/c1-6(2)7(13-12)3-4-8(10,11)5-9;5-3-4(6,7)1-2-8;1-3(2)4(5)6;3*1-2/h7,12H,1,3-5H2,2H3;8H,1-3H2;1H2,2H3,(H,5,6);2H,1H3;;. The van der Waals surface area contributed by atoms with Crippen molar-refractivity contribution in [2.45, 2.75) is 51.1 Å². The van der Waals surface area contributed by atoms with Gasteiger partial charge in [0.25, 0.3) is 11.8 Å². The Morgan fingerprint density at radius 3 is 1.36 bits per heavy atom. The highest BCUT2D eigenvalue weighted by Crippen LogP contribution is 2.23. The van der Waals surface area contributed by atoms with Crippen LogP contribution in [0.2, 0.25) is 0 Å². The molecule has 4 N–H and O–H groups in total. The smallest absolute Gasteiger partial charge is 0.330 e. The number of hydrogen-bond donors (Lipinski definition) is 4. The van der Waals surface area contributed by atoms with Crippen LogP contribution < -0.4 is 0 Å². The van der Waals surface area contributed by atoms with Crippen molar-refractivity contribution in [1.82, 2.24) is 0 Å². The van der Waals surface area contributed by atoms with Crippen molar-refractivity contribution in [2.24, 2.45) is 0 Å². The van der Waals surface area contributed by atoms with Crippen molar-refractivity contribution >= 4 is 5.97 Å². The molecule has 0 heterocycles. The van der Waals surface area contributed by atoms with Crippen molar-refractivity contribution in [3.8, 4) is 0 Å². The van der Waals surface area contributed by atoms with Gasteiger partial charge in [0.05, 0.1) is 0 Å². The molecule has 0 spiro atoms. The number of aliphatic hydroxyl groups excluding tert-OH is 2. The Kier molecular flexibility index (Phi) is 40.8. The lowest BCUT2D eigenvalue weighted by Gasteiger charge is -2.16. The second-order valence-electron chi connectivity index (χ2n) is 5.52. The molecule has 0 aromatic heterocycles. The van der Waals surface area contributed by atoms with Crippen LogP contribution in [0.4, 0.5) is 44.6 Å². The van der Waals surface area contributed by atoms with Crippen LogP contribution >= 0.6 is 0 Å². The zero-order chi connectivity index (χ0) is 28.3. The summed E-state index contributed by atoms with van der Waals surface area (Å²) in [5.74, 6) is -7.60. The fourth-order valence-electron chi connectivity index (χ4n) is 1.03. The predicted molar refractivity (Wildman–Crippen MR) is 100 cm³/mol. The second-order valence-corrected chi connectivity index (χ2v) is 5.52. The van der Waals surface area contributed by atoms with Gasteiger partial charge in [-0.15, -0.1) is 0 Å². The van der Waals surface area contributed by atoms with Gasteiger partial charge in [0, 0.05) is 50.4 Å². The molecule has 16 heteroatoms. The van der Waals surface area contributed by atoms with E-state index in [1.165, 1.54) is 13.8 Å². The number of rotatable bonds is 10. The summed E-state index contributed by atoms with van der Waals surface area (Å²) >= 11 is 0. The number of aliphatic carboxylic acids is 1. The van der Waals surface area contributed by atoms with E-state index in [2.05, 4.69) is 18.0 Å². The Hall–Kier alpha value is -1.91. The lowest BCUT2D eigenvalue weighted by molar-refractivity contribution is -0.271. The summed E-state index contributed by atoms with van der Waals surface area (Å²) in [5.41, 5.74) is 0.604. The Morgan fingerprint density at radius 1 is 0.909 bits per heavy atom. The average molecular weight is 520 g/mol. The van der Waals surface area contributed by atoms with Crippen LogP contribution in [0.1, 0.15) is 33.1 Å². The maximum atomic E-state index is 12.4. The third-order valence-electron chi connectivity index (χ3n) is 2.68. The third kappa shape index (κ3) is 40.9. The van der Waals surface area contributed by atoms with Gasteiger partial charge in [-0.25, -0.2) is 36.0 Å². The molecular formula is C17H30F10O6. The second kappa shape index (κ2) is 30.1. The van der Waals surface area contributed by atoms with Gasteiger partial charge in [-0.2, -0.15) is 0 Å². The molecule has 1 unspecified atom stereocenters. The van der Waals surface area contributed by atoms with E-state index >= 15 is 0 Å². The van der Waals surface area contributed by atoms with Gasteiger partial charge in [0.2, 0.25) is 0 Å². The van der Waals surface area contributed by atoms with Gasteiger partial charge in [-0.3, -0.25) is 5.26 Å². The predicted octanol–water partition coefficient (Wildman–Crippen LogP) is 5.72. The Bertz CT molecular complexity index is 442. The summed E-state index contributed by atoms with van der Waals surface area (Å²) in [6.45, 7) is 5.52. The van der Waals surface area contributed by atoms with Crippen molar-refractivity contribution in [3.63, 3.8) is 0 Å². The van der Waals surface area contributed by atoms with Crippen LogP contribution in [-0.4, -0.2) is 71.6 Å². The molecule has 33 heavy (non-hydrogen) atoms. The minimum absolute atomic E-state index is 0.150. The maximum Gasteiger partial charge on any atom is 0.330 e. The van der Waals surface area contributed by atoms with Crippen molar-refractivity contribution in [3.05, 3.63) is 24.3 Å². The fraction of sp³-hybridized carbons (Fsp3) is 0.706. The number of carboxylic acids is 1. The minimum atomic E-state index is -3.34. The highest BCUT2D eigenvalue weighted by molar-refractivity contribution is 5.84. The molecule has 6 nitrogen and oxygen atoms in total. The Labute approximate surface area is 184 Å². The molecule has 0 amide bonds. The summed E-state index contributed by atoms with van der Waals surface area (Å²) in [5, 5.41) is 31.0. The molecule has 204 valence electrons. The lowest BCUT2D eigenvalue weighted by Crippen LogP contribution is -2.22. The first kappa shape index (κ1) is 44.7. The number of hydrogen-bond acceptors (Lipinski definition) is 5. The van der Waals surface area contributed by atoms with E-state index in [0.29, 0.717) is 5.57 Å². The summed E-state index contributed by atoms with van der Waals surface area (Å²) in [6, 6.07) is 0. The fourth-order valence-corrected chi connectivity index (χ4v) is 1.03. The first-order valence-electron chi connectivity index (χ1n) is 8.25. The molecule has 0 aromatic carbocycles.